The normalized spacial score (nSPS) is 20.4. The van der Waals surface area contributed by atoms with Gasteiger partial charge in [-0.05, 0) is 97.6 Å². The molecule has 0 radical (unpaired) electrons. The predicted molar refractivity (Wildman–Crippen MR) is 233 cm³/mol. The zero-order valence-corrected chi connectivity index (χ0v) is 27.7. The molecule has 0 saturated carbocycles. The monoisotopic (exact) mass is 740 g/mol. The van der Waals surface area contributed by atoms with Crippen LogP contribution < -0.4 is 4.90 Å². The predicted octanol–water partition coefficient (Wildman–Crippen LogP) is 15.3. The van der Waals surface area contributed by atoms with Crippen molar-refractivity contribution in [1.29, 1.82) is 0 Å². The lowest BCUT2D eigenvalue weighted by atomic mass is 9.97. The van der Waals surface area contributed by atoms with Crippen LogP contribution in [0.15, 0.2) is 211 Å². The molecule has 1 nitrogen and oxygen atoms in total. The highest BCUT2D eigenvalue weighted by Crippen LogP contribution is 2.47. The van der Waals surface area contributed by atoms with E-state index >= 15 is 0 Å². The fourth-order valence-electron chi connectivity index (χ4n) is 5.47. The Morgan fingerprint density at radius 3 is 1.48 bits per heavy atom. The lowest BCUT2D eigenvalue weighted by molar-refractivity contribution is 1.30. The number of nitrogens with zero attached hydrogens (tertiary/aromatic N) is 1. The van der Waals surface area contributed by atoms with E-state index in [-0.39, 0.29) is 0 Å². The highest BCUT2D eigenvalue weighted by atomic mass is 32.1. The van der Waals surface area contributed by atoms with Gasteiger partial charge in [-0.3, -0.25) is 0 Å². The number of benzene rings is 9. The molecule has 0 saturated heterocycles. The summed E-state index contributed by atoms with van der Waals surface area (Å²) < 4.78 is 314. The molecule has 0 atom stereocenters. The van der Waals surface area contributed by atoms with Crippen LogP contribution in [0.5, 0.6) is 0 Å². The number of thiophene rings is 1. The summed E-state index contributed by atoms with van der Waals surface area (Å²) in [7, 11) is 0. The third kappa shape index (κ3) is 5.84. The molecule has 1 aromatic heterocycles. The SMILES string of the molecule is [2H]c1c([2H])c([2H])c(-c2c([2H])c([2H])c([2H])c(N(c3c([2H])c([2H])c(-c4c([2H])c([2H])c5c([2H])c([2H])c(-c6c([2H])c([2H])c([2H])c([2H])c6[2H])c([2H])c5c4[2H])c([2H])c3[2H])c3c([2H])c([2H])c([2H])c4c3sc3c(-c5c([2H])c([2H])c([2H])c([2H])c5[2H])c([2H])c([2H])c([2H])c34)c2[2H])c([2H])c1[2H]. The Balaban J connectivity index is 1.42. The topological polar surface area (TPSA) is 3.24 Å². The van der Waals surface area contributed by atoms with Gasteiger partial charge >= 0.3 is 0 Å². The number of hydrogen-bond acceptors (Lipinski definition) is 2. The summed E-state index contributed by atoms with van der Waals surface area (Å²) in [6.45, 7) is 0. The molecule has 0 bridgehead atoms. The second kappa shape index (κ2) is 13.7. The summed E-state index contributed by atoms with van der Waals surface area (Å²) in [6.07, 6.45) is 0. The maximum atomic E-state index is 9.88. The molecule has 0 fully saturated rings. The van der Waals surface area contributed by atoms with Crippen molar-refractivity contribution in [2.24, 2.45) is 0 Å². The first kappa shape index (κ1) is 12.1. The molecule has 54 heavy (non-hydrogen) atoms. The summed E-state index contributed by atoms with van der Waals surface area (Å²) in [5.74, 6) is 0. The van der Waals surface area contributed by atoms with Crippen LogP contribution in [0.1, 0.15) is 48.0 Å². The first-order valence-corrected chi connectivity index (χ1v) is 16.4. The van der Waals surface area contributed by atoms with Gasteiger partial charge in [-0.2, -0.15) is 0 Å². The van der Waals surface area contributed by atoms with Crippen molar-refractivity contribution in [1.82, 2.24) is 0 Å². The minimum absolute atomic E-state index is 0.351. The zero-order chi connectivity index (χ0) is 66.3. The molecule has 254 valence electrons. The van der Waals surface area contributed by atoms with Crippen molar-refractivity contribution in [3.05, 3.63) is 211 Å². The van der Waals surface area contributed by atoms with Crippen LogP contribution in [0.4, 0.5) is 17.1 Å². The van der Waals surface area contributed by atoms with E-state index in [1.165, 1.54) is 0 Å². The van der Waals surface area contributed by atoms with Crippen molar-refractivity contribution in [2.45, 2.75) is 0 Å². The van der Waals surface area contributed by atoms with Gasteiger partial charge in [0, 0.05) is 26.8 Å². The highest BCUT2D eigenvalue weighted by Gasteiger charge is 2.20. The van der Waals surface area contributed by atoms with Crippen LogP contribution in [0.25, 0.3) is 75.5 Å². The second-order valence-electron chi connectivity index (χ2n) is 11.0. The molecule has 0 aliphatic carbocycles. The van der Waals surface area contributed by atoms with E-state index in [2.05, 4.69) is 0 Å². The van der Waals surface area contributed by atoms with Gasteiger partial charge in [-0.1, -0.05) is 169 Å². The molecule has 0 aliphatic rings. The zero-order valence-electron chi connectivity index (χ0n) is 61.9. The minimum atomic E-state index is -1.34. The van der Waals surface area contributed by atoms with E-state index < -0.39 is 304 Å². The number of rotatable bonds is 7. The molecule has 1 heterocycles. The van der Waals surface area contributed by atoms with Crippen molar-refractivity contribution >= 4 is 59.3 Å². The van der Waals surface area contributed by atoms with Crippen molar-refractivity contribution < 1.29 is 48.0 Å². The Morgan fingerprint density at radius 1 is 0.333 bits per heavy atom. The largest absolute Gasteiger partial charge is 0.309 e. The van der Waals surface area contributed by atoms with Crippen molar-refractivity contribution in [2.75, 3.05) is 4.90 Å². The summed E-state index contributed by atoms with van der Waals surface area (Å²) in [6, 6.07) is -36.6. The first-order chi connectivity index (χ1) is 41.4. The van der Waals surface area contributed by atoms with Crippen LogP contribution >= 0.6 is 11.3 Å². The Kier molecular flexibility index (Phi) is 3.07. The van der Waals surface area contributed by atoms with Gasteiger partial charge in [0.05, 0.1) is 58.4 Å². The molecular weight excluding hydrogens is 671 g/mol. The molecule has 0 unspecified atom stereocenters. The van der Waals surface area contributed by atoms with Gasteiger partial charge in [0.15, 0.2) is 0 Å². The Labute approximate surface area is 368 Å². The number of fused-ring (bicyclic) bond motifs is 4. The van der Waals surface area contributed by atoms with E-state index in [0.717, 1.165) is 0 Å². The molecule has 9 aromatic carbocycles. The second-order valence-corrected chi connectivity index (χ2v) is 12.0. The third-order valence-corrected chi connectivity index (χ3v) is 9.08. The fraction of sp³-hybridized carbons (Fsp3) is 0. The molecule has 2 heteroatoms. The van der Waals surface area contributed by atoms with Crippen LogP contribution in [-0.2, 0) is 0 Å². The van der Waals surface area contributed by atoms with E-state index in [4.69, 9.17) is 28.8 Å². The summed E-state index contributed by atoms with van der Waals surface area (Å²) in [4.78, 5) is 0.413. The molecule has 0 spiro atoms. The van der Waals surface area contributed by atoms with Crippen LogP contribution in [0.3, 0.4) is 0 Å². The maximum absolute atomic E-state index is 9.88. The average Bonchev–Trinajstić information content (AvgIpc) is 1.70. The third-order valence-electron chi connectivity index (χ3n) is 7.86. The molecular formula is C52H35NS. The summed E-state index contributed by atoms with van der Waals surface area (Å²) in [5, 5.41) is -2.69. The Hall–Kier alpha value is -6.74. The molecule has 0 aliphatic heterocycles. The van der Waals surface area contributed by atoms with Crippen molar-refractivity contribution in [3.63, 3.8) is 0 Å². The average molecular weight is 741 g/mol. The van der Waals surface area contributed by atoms with E-state index in [9.17, 15) is 19.2 Å². The lowest BCUT2D eigenvalue weighted by Crippen LogP contribution is -2.10. The first-order valence-electron chi connectivity index (χ1n) is 33.1. The Bertz CT molecular complexity index is 4860. The van der Waals surface area contributed by atoms with E-state index in [1.54, 1.807) is 0 Å². The van der Waals surface area contributed by atoms with Crippen molar-refractivity contribution in [3.8, 4) is 44.5 Å². The van der Waals surface area contributed by atoms with Crippen LogP contribution in [0.2, 0.25) is 0 Å². The molecule has 0 amide bonds. The van der Waals surface area contributed by atoms with Gasteiger partial charge < -0.3 is 4.90 Å². The molecule has 10 rings (SSSR count). The standard InChI is InChI=1S/C52H35NS/c1-4-13-36(14-5-1)41-19-10-20-46(35-41)53(50-24-12-23-49-48-22-11-21-47(51(48)54-52(49)50)40-17-8-3-9-18-40)45-31-29-38(30-32-45)43-28-26-39-25-27-42(33-44(39)34-43)37-15-6-2-7-16-37/h1-35H/i1D,2D,3D,4D,5D,6D,7D,8D,9D,10D,11D,12D,13D,14D,15D,16D,17D,18D,19D,20D,21D,22D,23D,24D,25D,26D,27D,28D,29D,30D,31D,32D,33D,34D,35D. The Morgan fingerprint density at radius 2 is 0.833 bits per heavy atom. The minimum Gasteiger partial charge on any atom is -0.309 e. The van der Waals surface area contributed by atoms with Gasteiger partial charge in [0.1, 0.15) is 0 Å². The maximum Gasteiger partial charge on any atom is 0.0651 e. The van der Waals surface area contributed by atoms with Gasteiger partial charge in [0.2, 0.25) is 0 Å². The van der Waals surface area contributed by atoms with Gasteiger partial charge in [-0.15, -0.1) is 11.3 Å². The number of anilines is 3. The smallest absolute Gasteiger partial charge is 0.0651 e. The van der Waals surface area contributed by atoms with E-state index in [1.807, 2.05) is 0 Å². The molecule has 10 aromatic rings. The van der Waals surface area contributed by atoms with Crippen LogP contribution in [-0.4, -0.2) is 0 Å². The quantitative estimate of drug-likeness (QED) is 0.157. The lowest BCUT2D eigenvalue weighted by Gasteiger charge is -2.27. The molecule has 0 N–H and O–H groups in total. The highest BCUT2D eigenvalue weighted by molar-refractivity contribution is 7.27. The van der Waals surface area contributed by atoms with E-state index in [0.29, 0.717) is 16.2 Å². The summed E-state index contributed by atoms with van der Waals surface area (Å²) in [5.41, 5.74) is -10.1. The van der Waals surface area contributed by atoms with Crippen LogP contribution in [0, 0.1) is 0 Å². The fourth-order valence-corrected chi connectivity index (χ4v) is 6.68. The summed E-state index contributed by atoms with van der Waals surface area (Å²) >= 11 is 0.351. The number of hydrogen-bond donors (Lipinski definition) is 0. The van der Waals surface area contributed by atoms with Gasteiger partial charge in [-0.25, -0.2) is 0 Å². The van der Waals surface area contributed by atoms with Gasteiger partial charge in [0.25, 0.3) is 0 Å².